The summed E-state index contributed by atoms with van der Waals surface area (Å²) in [7, 11) is 0. The summed E-state index contributed by atoms with van der Waals surface area (Å²) >= 11 is 0. The number of carboxylic acid groups (broad SMARTS) is 1. The molecule has 0 radical (unpaired) electrons. The second-order valence-electron chi connectivity index (χ2n) is 5.13. The Balaban J connectivity index is 1.96. The number of aliphatic carboxylic acids is 1. The van der Waals surface area contributed by atoms with Gasteiger partial charge in [0.15, 0.2) is 0 Å². The Morgan fingerprint density at radius 1 is 1.32 bits per heavy atom. The molecule has 0 aliphatic heterocycles. The predicted octanol–water partition coefficient (Wildman–Crippen LogP) is 2.16. The first-order chi connectivity index (χ1) is 9.08. The minimum Gasteiger partial charge on any atom is -0.480 e. The Morgan fingerprint density at radius 2 is 1.95 bits per heavy atom. The molecule has 1 fully saturated rings. The number of nitrogens with one attached hydrogen (secondary N) is 1. The number of rotatable bonds is 7. The van der Waals surface area contributed by atoms with Crippen molar-refractivity contribution in [3.05, 3.63) is 35.9 Å². The van der Waals surface area contributed by atoms with E-state index >= 15 is 0 Å². The monoisotopic (exact) mass is 261 g/mol. The molecule has 2 atom stereocenters. The molecule has 2 rings (SSSR count). The van der Waals surface area contributed by atoms with Gasteiger partial charge in [-0.15, -0.1) is 0 Å². The smallest absolute Gasteiger partial charge is 0.321 e. The summed E-state index contributed by atoms with van der Waals surface area (Å²) in [5, 5.41) is 12.2. The van der Waals surface area contributed by atoms with E-state index in [1.807, 2.05) is 37.3 Å². The summed E-state index contributed by atoms with van der Waals surface area (Å²) in [6.07, 6.45) is 1.91. The van der Waals surface area contributed by atoms with Crippen molar-refractivity contribution in [2.45, 2.75) is 38.3 Å². The molecule has 0 spiro atoms. The summed E-state index contributed by atoms with van der Waals surface area (Å²) in [5.41, 5.74) is 1.02. The Morgan fingerprint density at radius 3 is 2.47 bits per heavy atom. The van der Waals surface area contributed by atoms with E-state index in [1.165, 1.54) is 0 Å². The lowest BCUT2D eigenvalue weighted by Crippen LogP contribution is -2.40. The van der Waals surface area contributed by atoms with Crippen LogP contribution >= 0.6 is 0 Å². The molecule has 0 saturated heterocycles. The molecule has 0 bridgehead atoms. The Labute approximate surface area is 112 Å². The first kappa shape index (κ1) is 13.7. The van der Waals surface area contributed by atoms with E-state index in [2.05, 4.69) is 5.32 Å². The summed E-state index contributed by atoms with van der Waals surface area (Å²) in [5.74, 6) is -0.785. The van der Waals surface area contributed by atoms with Crippen LogP contribution in [-0.2, 0) is 9.59 Å². The van der Waals surface area contributed by atoms with Crippen molar-refractivity contribution in [3.63, 3.8) is 0 Å². The topological polar surface area (TPSA) is 66.4 Å². The highest BCUT2D eigenvalue weighted by molar-refractivity contribution is 5.88. The minimum atomic E-state index is -0.961. The van der Waals surface area contributed by atoms with Gasteiger partial charge in [-0.1, -0.05) is 30.3 Å². The first-order valence-electron chi connectivity index (χ1n) is 6.64. The van der Waals surface area contributed by atoms with Gasteiger partial charge in [0.25, 0.3) is 0 Å². The maximum absolute atomic E-state index is 11.7. The Kier molecular flexibility index (Phi) is 4.32. The number of ketones is 1. The lowest BCUT2D eigenvalue weighted by atomic mass is 10.0. The van der Waals surface area contributed by atoms with Crippen LogP contribution in [-0.4, -0.2) is 22.9 Å². The molecule has 0 unspecified atom stereocenters. The van der Waals surface area contributed by atoms with Crippen LogP contribution in [0.5, 0.6) is 0 Å². The van der Waals surface area contributed by atoms with Gasteiger partial charge in [-0.05, 0) is 25.3 Å². The average Bonchev–Trinajstić information content (AvgIpc) is 3.23. The van der Waals surface area contributed by atoms with Crippen molar-refractivity contribution in [3.8, 4) is 0 Å². The predicted molar refractivity (Wildman–Crippen MR) is 71.8 cm³/mol. The van der Waals surface area contributed by atoms with Crippen molar-refractivity contribution in [2.24, 2.45) is 5.92 Å². The summed E-state index contributed by atoms with van der Waals surface area (Å²) < 4.78 is 0. The van der Waals surface area contributed by atoms with E-state index in [0.29, 0.717) is 0 Å². The molecule has 1 saturated carbocycles. The fourth-order valence-electron chi connectivity index (χ4n) is 2.13. The molecule has 1 aliphatic rings. The maximum atomic E-state index is 11.7. The molecule has 19 heavy (non-hydrogen) atoms. The van der Waals surface area contributed by atoms with E-state index in [1.54, 1.807) is 0 Å². The van der Waals surface area contributed by atoms with E-state index in [0.717, 1.165) is 18.4 Å². The van der Waals surface area contributed by atoms with Gasteiger partial charge in [0.2, 0.25) is 0 Å². The SMILES string of the molecule is C[C@H](N[C@@H](CC(=O)C1CC1)C(=O)O)c1ccccc1. The molecule has 2 N–H and O–H groups in total. The molecule has 4 nitrogen and oxygen atoms in total. The average molecular weight is 261 g/mol. The van der Waals surface area contributed by atoms with Crippen LogP contribution in [0.1, 0.15) is 37.8 Å². The molecule has 0 aromatic heterocycles. The molecule has 102 valence electrons. The maximum Gasteiger partial charge on any atom is 0.321 e. The molecular formula is C15H19NO3. The van der Waals surface area contributed by atoms with Crippen LogP contribution < -0.4 is 5.32 Å². The normalized spacial score (nSPS) is 17.7. The summed E-state index contributed by atoms with van der Waals surface area (Å²) in [6.45, 7) is 1.91. The lowest BCUT2D eigenvalue weighted by Gasteiger charge is -2.20. The van der Waals surface area contributed by atoms with Crippen LogP contribution in [0.4, 0.5) is 0 Å². The number of carbonyl (C=O) groups is 2. The quantitative estimate of drug-likeness (QED) is 0.789. The zero-order chi connectivity index (χ0) is 13.8. The summed E-state index contributed by atoms with van der Waals surface area (Å²) in [4.78, 5) is 23.0. The van der Waals surface area contributed by atoms with Crippen LogP contribution in [0.25, 0.3) is 0 Å². The number of carboxylic acids is 1. The number of hydrogen-bond donors (Lipinski definition) is 2. The highest BCUT2D eigenvalue weighted by Crippen LogP contribution is 2.31. The second-order valence-corrected chi connectivity index (χ2v) is 5.13. The number of benzene rings is 1. The largest absolute Gasteiger partial charge is 0.480 e. The molecule has 0 amide bonds. The fraction of sp³-hybridized carbons (Fsp3) is 0.467. The second kappa shape index (κ2) is 5.97. The van der Waals surface area contributed by atoms with Crippen LogP contribution in [0.2, 0.25) is 0 Å². The molecule has 1 aromatic rings. The third-order valence-corrected chi connectivity index (χ3v) is 3.49. The van der Waals surface area contributed by atoms with E-state index < -0.39 is 12.0 Å². The zero-order valence-corrected chi connectivity index (χ0v) is 11.0. The molecule has 1 aromatic carbocycles. The van der Waals surface area contributed by atoms with Gasteiger partial charge in [0.1, 0.15) is 11.8 Å². The van der Waals surface area contributed by atoms with Gasteiger partial charge in [-0.3, -0.25) is 14.9 Å². The highest BCUT2D eigenvalue weighted by Gasteiger charge is 2.33. The zero-order valence-electron chi connectivity index (χ0n) is 11.0. The van der Waals surface area contributed by atoms with Crippen molar-refractivity contribution in [1.82, 2.24) is 5.32 Å². The van der Waals surface area contributed by atoms with Crippen LogP contribution in [0.15, 0.2) is 30.3 Å². The molecule has 4 heteroatoms. The van der Waals surface area contributed by atoms with Crippen LogP contribution in [0.3, 0.4) is 0 Å². The van der Waals surface area contributed by atoms with Crippen molar-refractivity contribution >= 4 is 11.8 Å². The van der Waals surface area contributed by atoms with Crippen molar-refractivity contribution in [2.75, 3.05) is 0 Å². The van der Waals surface area contributed by atoms with E-state index in [9.17, 15) is 14.7 Å². The third kappa shape index (κ3) is 3.89. The van der Waals surface area contributed by atoms with Gasteiger partial charge in [0.05, 0.1) is 0 Å². The fourth-order valence-corrected chi connectivity index (χ4v) is 2.13. The first-order valence-corrected chi connectivity index (χ1v) is 6.64. The van der Waals surface area contributed by atoms with Gasteiger partial charge < -0.3 is 5.11 Å². The standard InChI is InChI=1S/C15H19NO3/c1-10(11-5-3-2-4-6-11)16-13(15(18)19)9-14(17)12-7-8-12/h2-6,10,12-13,16H,7-9H2,1H3,(H,18,19)/t10-,13-/m0/s1. The van der Waals surface area contributed by atoms with Gasteiger partial charge in [-0.25, -0.2) is 0 Å². The number of hydrogen-bond acceptors (Lipinski definition) is 3. The molecular weight excluding hydrogens is 242 g/mol. The highest BCUT2D eigenvalue weighted by atomic mass is 16.4. The van der Waals surface area contributed by atoms with E-state index in [4.69, 9.17) is 0 Å². The van der Waals surface area contributed by atoms with Crippen molar-refractivity contribution in [1.29, 1.82) is 0 Å². The number of Topliss-reactive ketones (excluding diaryl/α,β-unsaturated/α-hetero) is 1. The van der Waals surface area contributed by atoms with Gasteiger partial charge in [0, 0.05) is 18.4 Å². The number of carbonyl (C=O) groups excluding carboxylic acids is 1. The molecule has 1 aliphatic carbocycles. The van der Waals surface area contributed by atoms with Gasteiger partial charge in [-0.2, -0.15) is 0 Å². The van der Waals surface area contributed by atoms with Crippen LogP contribution in [0, 0.1) is 5.92 Å². The third-order valence-electron chi connectivity index (χ3n) is 3.49. The summed E-state index contributed by atoms with van der Waals surface area (Å²) in [6, 6.07) is 8.75. The minimum absolute atomic E-state index is 0.0696. The Hall–Kier alpha value is -1.68. The van der Waals surface area contributed by atoms with E-state index in [-0.39, 0.29) is 24.2 Å². The lowest BCUT2D eigenvalue weighted by molar-refractivity contribution is -0.141. The van der Waals surface area contributed by atoms with Gasteiger partial charge >= 0.3 is 5.97 Å². The Bertz CT molecular complexity index is 454. The van der Waals surface area contributed by atoms with Crippen molar-refractivity contribution < 1.29 is 14.7 Å². The molecule has 0 heterocycles.